The van der Waals surface area contributed by atoms with E-state index in [9.17, 15) is 0 Å². The van der Waals surface area contributed by atoms with Gasteiger partial charge in [-0.3, -0.25) is 0 Å². The van der Waals surface area contributed by atoms with E-state index in [0.717, 1.165) is 24.0 Å². The van der Waals surface area contributed by atoms with Gasteiger partial charge >= 0.3 is 0 Å². The standard InChI is InChI=1S/C18H17N2O.C5H12O2.Ir/c1-3-13-5-9-15(10-6-13)17-19-20-18(21-17)16-11-7-14(4-2)8-12-16;1-4(6)3-5(2)7;/h5-11H,3-4H2,1-2H3;4-7H,3H2,1-2H3;/q-1;;. The number of hydrogen-bond acceptors (Lipinski definition) is 5. The molecular formula is C23H29IrN2O3-. The summed E-state index contributed by atoms with van der Waals surface area (Å²) >= 11 is 0. The molecule has 2 atom stereocenters. The fourth-order valence-electron chi connectivity index (χ4n) is 2.64. The van der Waals surface area contributed by atoms with Crippen LogP contribution in [0.3, 0.4) is 0 Å². The van der Waals surface area contributed by atoms with Crippen LogP contribution in [-0.2, 0) is 32.9 Å². The van der Waals surface area contributed by atoms with E-state index in [2.05, 4.69) is 48.3 Å². The number of aliphatic hydroxyl groups excluding tert-OH is 2. The zero-order valence-electron chi connectivity index (χ0n) is 17.3. The van der Waals surface area contributed by atoms with Crippen LogP contribution < -0.4 is 0 Å². The first-order valence-corrected chi connectivity index (χ1v) is 9.72. The van der Waals surface area contributed by atoms with E-state index in [-0.39, 0.29) is 32.3 Å². The number of aromatic nitrogens is 2. The number of nitrogens with zero attached hydrogens (tertiary/aromatic N) is 2. The maximum Gasteiger partial charge on any atom is 0.237 e. The van der Waals surface area contributed by atoms with Crippen LogP contribution in [0.2, 0.25) is 0 Å². The molecule has 2 N–H and O–H groups in total. The number of aryl methyl sites for hydroxylation is 2. The first-order chi connectivity index (χ1) is 13.4. The molecule has 29 heavy (non-hydrogen) atoms. The van der Waals surface area contributed by atoms with Gasteiger partial charge in [0.15, 0.2) is 5.89 Å². The number of hydrogen-bond donors (Lipinski definition) is 2. The summed E-state index contributed by atoms with van der Waals surface area (Å²) in [7, 11) is 0. The van der Waals surface area contributed by atoms with E-state index in [1.165, 1.54) is 11.1 Å². The van der Waals surface area contributed by atoms with Crippen LogP contribution in [0.15, 0.2) is 46.9 Å². The second kappa shape index (κ2) is 12.7. The van der Waals surface area contributed by atoms with E-state index < -0.39 is 0 Å². The average molecular weight is 574 g/mol. The molecular weight excluding hydrogens is 544 g/mol. The number of aliphatic hydroxyl groups is 2. The quantitative estimate of drug-likeness (QED) is 0.426. The van der Waals surface area contributed by atoms with Crippen molar-refractivity contribution in [3.63, 3.8) is 0 Å². The number of benzene rings is 2. The predicted octanol–water partition coefficient (Wildman–Crippen LogP) is 4.46. The Kier molecular flexibility index (Phi) is 11.0. The second-order valence-corrected chi connectivity index (χ2v) is 6.86. The number of rotatable bonds is 6. The summed E-state index contributed by atoms with van der Waals surface area (Å²) in [6.45, 7) is 7.57. The predicted molar refractivity (Wildman–Crippen MR) is 111 cm³/mol. The van der Waals surface area contributed by atoms with Crippen LogP contribution in [0.4, 0.5) is 0 Å². The Morgan fingerprint density at radius 1 is 0.862 bits per heavy atom. The Hall–Kier alpha value is -1.85. The third-order valence-electron chi connectivity index (χ3n) is 4.23. The smallest absolute Gasteiger partial charge is 0.237 e. The summed E-state index contributed by atoms with van der Waals surface area (Å²) in [5.74, 6) is 1.05. The average Bonchev–Trinajstić information content (AvgIpc) is 3.18. The molecule has 159 valence electrons. The summed E-state index contributed by atoms with van der Waals surface area (Å²) in [4.78, 5) is 0. The minimum atomic E-state index is -0.375. The van der Waals surface area contributed by atoms with Crippen molar-refractivity contribution in [2.75, 3.05) is 0 Å². The van der Waals surface area contributed by atoms with Crippen LogP contribution in [-0.4, -0.2) is 32.6 Å². The van der Waals surface area contributed by atoms with E-state index >= 15 is 0 Å². The van der Waals surface area contributed by atoms with Gasteiger partial charge in [-0.2, -0.15) is 5.10 Å². The molecule has 0 amide bonds. The van der Waals surface area contributed by atoms with Gasteiger partial charge in [0.2, 0.25) is 5.89 Å². The zero-order valence-corrected chi connectivity index (χ0v) is 19.7. The fourth-order valence-corrected chi connectivity index (χ4v) is 2.64. The second-order valence-electron chi connectivity index (χ2n) is 6.86. The summed E-state index contributed by atoms with van der Waals surface area (Å²) in [6, 6.07) is 17.4. The molecule has 0 saturated heterocycles. The van der Waals surface area contributed by atoms with E-state index in [1.54, 1.807) is 13.8 Å². The first-order valence-electron chi connectivity index (χ1n) is 9.72. The maximum atomic E-state index is 8.56. The Balaban J connectivity index is 0.000000456. The molecule has 0 bridgehead atoms. The van der Waals surface area contributed by atoms with Crippen molar-refractivity contribution in [2.24, 2.45) is 0 Å². The first kappa shape index (κ1) is 25.2. The Morgan fingerprint density at radius 3 is 1.86 bits per heavy atom. The van der Waals surface area contributed by atoms with E-state index in [0.29, 0.717) is 18.2 Å². The minimum absolute atomic E-state index is 0. The molecule has 3 aromatic rings. The maximum absolute atomic E-state index is 8.56. The normalized spacial score (nSPS) is 12.3. The van der Waals surface area contributed by atoms with Crippen LogP contribution in [0.5, 0.6) is 0 Å². The van der Waals surface area contributed by atoms with Crippen LogP contribution >= 0.6 is 0 Å². The Bertz CT molecular complexity index is 760. The molecule has 6 heteroatoms. The molecule has 1 aromatic heterocycles. The Morgan fingerprint density at radius 2 is 1.41 bits per heavy atom. The van der Waals surface area contributed by atoms with Crippen molar-refractivity contribution in [2.45, 2.75) is 59.2 Å². The molecule has 0 spiro atoms. The summed E-state index contributed by atoms with van der Waals surface area (Å²) in [5, 5.41) is 25.4. The molecule has 5 nitrogen and oxygen atoms in total. The van der Waals surface area contributed by atoms with Gasteiger partial charge in [0.1, 0.15) is 0 Å². The molecule has 2 aromatic carbocycles. The van der Waals surface area contributed by atoms with Crippen LogP contribution in [0.25, 0.3) is 22.9 Å². The third-order valence-corrected chi connectivity index (χ3v) is 4.23. The molecule has 1 radical (unpaired) electrons. The van der Waals surface area contributed by atoms with Gasteiger partial charge in [-0.1, -0.05) is 38.0 Å². The summed E-state index contributed by atoms with van der Waals surface area (Å²) in [5.41, 5.74) is 4.31. The molecule has 0 aliphatic heterocycles. The monoisotopic (exact) mass is 574 g/mol. The van der Waals surface area contributed by atoms with Crippen molar-refractivity contribution in [3.8, 4) is 22.9 Å². The van der Waals surface area contributed by atoms with E-state index in [1.807, 2.05) is 24.3 Å². The molecule has 1 heterocycles. The van der Waals surface area contributed by atoms with E-state index in [4.69, 9.17) is 14.6 Å². The zero-order chi connectivity index (χ0) is 20.5. The SMILES string of the molecule is CC(O)CC(C)O.CCc1c[c-]c(-c2nnc(-c3ccc(CC)cc3)o2)cc1.[Ir]. The molecule has 2 unspecified atom stereocenters. The largest absolute Gasteiger partial charge is 0.464 e. The van der Waals surface area contributed by atoms with Crippen molar-refractivity contribution in [3.05, 3.63) is 59.7 Å². The van der Waals surface area contributed by atoms with Crippen molar-refractivity contribution in [1.29, 1.82) is 0 Å². The Labute approximate surface area is 186 Å². The molecule has 0 aliphatic carbocycles. The minimum Gasteiger partial charge on any atom is -0.464 e. The fraction of sp³-hybridized carbons (Fsp3) is 0.391. The summed E-state index contributed by atoms with van der Waals surface area (Å²) < 4.78 is 5.75. The third kappa shape index (κ3) is 8.19. The summed E-state index contributed by atoms with van der Waals surface area (Å²) in [6.07, 6.45) is 1.74. The van der Waals surface area contributed by atoms with Crippen LogP contribution in [0, 0.1) is 6.07 Å². The van der Waals surface area contributed by atoms with Crippen LogP contribution in [0.1, 0.15) is 45.2 Å². The van der Waals surface area contributed by atoms with Gasteiger partial charge < -0.3 is 14.6 Å². The van der Waals surface area contributed by atoms with Gasteiger partial charge in [0.25, 0.3) is 0 Å². The van der Waals surface area contributed by atoms with Crippen molar-refractivity contribution < 1.29 is 34.7 Å². The van der Waals surface area contributed by atoms with Gasteiger partial charge in [0.05, 0.1) is 12.2 Å². The van der Waals surface area contributed by atoms with Crippen molar-refractivity contribution in [1.82, 2.24) is 10.2 Å². The molecule has 0 saturated carbocycles. The molecule has 3 rings (SSSR count). The van der Waals surface area contributed by atoms with Gasteiger partial charge in [-0.15, -0.1) is 34.9 Å². The van der Waals surface area contributed by atoms with Gasteiger partial charge in [-0.25, -0.2) is 0 Å². The van der Waals surface area contributed by atoms with Gasteiger partial charge in [-0.05, 0) is 44.4 Å². The molecule has 0 fully saturated rings. The van der Waals surface area contributed by atoms with Gasteiger partial charge in [0, 0.05) is 25.7 Å². The molecule has 0 aliphatic rings. The topological polar surface area (TPSA) is 79.4 Å². The van der Waals surface area contributed by atoms with Crippen molar-refractivity contribution >= 4 is 0 Å².